The van der Waals surface area contributed by atoms with Gasteiger partial charge in [-0.3, -0.25) is 9.36 Å². The van der Waals surface area contributed by atoms with Crippen molar-refractivity contribution in [2.75, 3.05) is 5.75 Å². The van der Waals surface area contributed by atoms with Crippen molar-refractivity contribution in [1.29, 1.82) is 0 Å². The maximum Gasteiger partial charge on any atom is 0.230 e. The van der Waals surface area contributed by atoms with Crippen LogP contribution in [-0.4, -0.2) is 32.5 Å². The molecule has 3 aromatic rings. The summed E-state index contributed by atoms with van der Waals surface area (Å²) >= 11 is 1.44. The van der Waals surface area contributed by atoms with Crippen LogP contribution in [0.1, 0.15) is 58.6 Å². The molecule has 1 N–H and O–H groups in total. The summed E-state index contributed by atoms with van der Waals surface area (Å²) in [5, 5.41) is 12.8. The lowest BCUT2D eigenvalue weighted by Gasteiger charge is -2.19. The molecule has 1 heterocycles. The van der Waals surface area contributed by atoms with Crippen molar-refractivity contribution >= 4 is 17.7 Å². The average molecular weight is 451 g/mol. The highest BCUT2D eigenvalue weighted by Crippen LogP contribution is 2.28. The number of carbonyl (C=O) groups is 1. The second kappa shape index (κ2) is 10.8. The van der Waals surface area contributed by atoms with Crippen LogP contribution in [-0.2, 0) is 16.8 Å². The van der Waals surface area contributed by atoms with E-state index in [2.05, 4.69) is 91.1 Å². The number of rotatable bonds is 9. The topological polar surface area (TPSA) is 59.8 Å². The van der Waals surface area contributed by atoms with Gasteiger partial charge in [-0.05, 0) is 29.4 Å². The maximum absolute atomic E-state index is 12.4. The van der Waals surface area contributed by atoms with Crippen LogP contribution in [0.5, 0.6) is 0 Å². The average Bonchev–Trinajstić information content (AvgIpc) is 3.18. The normalized spacial score (nSPS) is 11.7. The fraction of sp³-hybridized carbons (Fsp3) is 0.423. The molecule has 0 atom stereocenters. The monoisotopic (exact) mass is 450 g/mol. The molecule has 0 aliphatic rings. The standard InChI is InChI=1S/C26H34N4OS/c1-6-22(7-2)27-23(31)18-32-25-29-28-24(30(25)17-19-11-9-8-10-12-19)20-13-15-21(16-14-20)26(3,4)5/h8-16,22H,6-7,17-18H2,1-5H3,(H,27,31). The highest BCUT2D eigenvalue weighted by atomic mass is 32.2. The molecule has 0 fully saturated rings. The van der Waals surface area contributed by atoms with Crippen molar-refractivity contribution in [2.24, 2.45) is 0 Å². The lowest BCUT2D eigenvalue weighted by atomic mass is 9.87. The zero-order valence-electron chi connectivity index (χ0n) is 19.8. The Hall–Kier alpha value is -2.60. The van der Waals surface area contributed by atoms with Crippen molar-refractivity contribution in [3.8, 4) is 11.4 Å². The van der Waals surface area contributed by atoms with Gasteiger partial charge in [0.05, 0.1) is 12.3 Å². The SMILES string of the molecule is CCC(CC)NC(=O)CSc1nnc(-c2ccc(C(C)(C)C)cc2)n1Cc1ccccc1. The van der Waals surface area contributed by atoms with Gasteiger partial charge in [0.1, 0.15) is 0 Å². The second-order valence-electron chi connectivity index (χ2n) is 9.07. The molecule has 0 spiro atoms. The number of hydrogen-bond acceptors (Lipinski definition) is 4. The fourth-order valence-corrected chi connectivity index (χ4v) is 4.28. The molecule has 0 bridgehead atoms. The van der Waals surface area contributed by atoms with Gasteiger partial charge in [-0.25, -0.2) is 0 Å². The highest BCUT2D eigenvalue weighted by molar-refractivity contribution is 7.99. The summed E-state index contributed by atoms with van der Waals surface area (Å²) in [5.41, 5.74) is 3.57. The van der Waals surface area contributed by atoms with Gasteiger partial charge < -0.3 is 5.32 Å². The molecule has 1 aromatic heterocycles. The number of aromatic nitrogens is 3. The first-order valence-corrected chi connectivity index (χ1v) is 12.3. The maximum atomic E-state index is 12.4. The van der Waals surface area contributed by atoms with E-state index < -0.39 is 0 Å². The number of hydrogen-bond donors (Lipinski definition) is 1. The smallest absolute Gasteiger partial charge is 0.230 e. The van der Waals surface area contributed by atoms with Crippen LogP contribution in [0, 0.1) is 0 Å². The van der Waals surface area contributed by atoms with Crippen LogP contribution in [0.2, 0.25) is 0 Å². The van der Waals surface area contributed by atoms with Gasteiger partial charge in [-0.15, -0.1) is 10.2 Å². The first-order valence-electron chi connectivity index (χ1n) is 11.3. The molecule has 1 amide bonds. The van der Waals surface area contributed by atoms with Crippen LogP contribution in [0.4, 0.5) is 0 Å². The van der Waals surface area contributed by atoms with E-state index in [1.54, 1.807) is 0 Å². The minimum absolute atomic E-state index is 0.0361. The second-order valence-corrected chi connectivity index (χ2v) is 10.0. The lowest BCUT2D eigenvalue weighted by Crippen LogP contribution is -2.35. The van der Waals surface area contributed by atoms with Crippen molar-refractivity contribution in [2.45, 2.75) is 70.6 Å². The lowest BCUT2D eigenvalue weighted by molar-refractivity contribution is -0.119. The molecule has 5 nitrogen and oxygen atoms in total. The van der Waals surface area contributed by atoms with E-state index in [9.17, 15) is 4.79 Å². The first-order chi connectivity index (χ1) is 15.3. The molecule has 0 aliphatic heterocycles. The molecular formula is C26H34N4OS. The van der Waals surface area contributed by atoms with Gasteiger partial charge in [0.2, 0.25) is 5.91 Å². The van der Waals surface area contributed by atoms with Gasteiger partial charge in [-0.2, -0.15) is 0 Å². The largest absolute Gasteiger partial charge is 0.353 e. The molecule has 0 saturated carbocycles. The molecule has 0 saturated heterocycles. The molecule has 0 aliphatic carbocycles. The quantitative estimate of drug-likeness (QED) is 0.426. The van der Waals surface area contributed by atoms with E-state index in [1.165, 1.54) is 22.9 Å². The van der Waals surface area contributed by atoms with E-state index in [1.807, 2.05) is 18.2 Å². The third-order valence-electron chi connectivity index (χ3n) is 5.59. The summed E-state index contributed by atoms with van der Waals surface area (Å²) in [6, 6.07) is 19.0. The molecule has 3 rings (SSSR count). The predicted octanol–water partition coefficient (Wildman–Crippen LogP) is 5.69. The molecule has 0 radical (unpaired) electrons. The van der Waals surface area contributed by atoms with Crippen LogP contribution >= 0.6 is 11.8 Å². The van der Waals surface area contributed by atoms with Gasteiger partial charge in [-0.1, -0.05) is 101 Å². The van der Waals surface area contributed by atoms with E-state index in [-0.39, 0.29) is 17.4 Å². The Labute approximate surface area is 196 Å². The Kier molecular flexibility index (Phi) is 8.13. The minimum atomic E-state index is 0.0361. The summed E-state index contributed by atoms with van der Waals surface area (Å²) in [7, 11) is 0. The van der Waals surface area contributed by atoms with Crippen LogP contribution < -0.4 is 5.32 Å². The summed E-state index contributed by atoms with van der Waals surface area (Å²) in [6.07, 6.45) is 1.87. The molecule has 0 unspecified atom stereocenters. The molecule has 2 aromatic carbocycles. The van der Waals surface area contributed by atoms with Crippen molar-refractivity contribution < 1.29 is 4.79 Å². The number of amides is 1. The third kappa shape index (κ3) is 6.22. The number of nitrogens with zero attached hydrogens (tertiary/aromatic N) is 3. The number of thioether (sulfide) groups is 1. The van der Waals surface area contributed by atoms with E-state index in [0.717, 1.165) is 29.4 Å². The number of benzene rings is 2. The zero-order valence-corrected chi connectivity index (χ0v) is 20.6. The van der Waals surface area contributed by atoms with Gasteiger partial charge in [0.15, 0.2) is 11.0 Å². The van der Waals surface area contributed by atoms with Crippen LogP contribution in [0.25, 0.3) is 11.4 Å². The molecule has 6 heteroatoms. The van der Waals surface area contributed by atoms with Gasteiger partial charge >= 0.3 is 0 Å². The Morgan fingerprint density at radius 2 is 1.66 bits per heavy atom. The van der Waals surface area contributed by atoms with Crippen LogP contribution in [0.3, 0.4) is 0 Å². The number of carbonyl (C=O) groups excluding carboxylic acids is 1. The molecular weight excluding hydrogens is 416 g/mol. The summed E-state index contributed by atoms with van der Waals surface area (Å²) < 4.78 is 2.11. The van der Waals surface area contributed by atoms with Gasteiger partial charge in [0.25, 0.3) is 0 Å². The van der Waals surface area contributed by atoms with E-state index in [4.69, 9.17) is 0 Å². The third-order valence-corrected chi connectivity index (χ3v) is 6.56. The first kappa shape index (κ1) is 24.1. The van der Waals surface area contributed by atoms with Crippen molar-refractivity contribution in [3.63, 3.8) is 0 Å². The Morgan fingerprint density at radius 3 is 2.25 bits per heavy atom. The van der Waals surface area contributed by atoms with E-state index >= 15 is 0 Å². The highest BCUT2D eigenvalue weighted by Gasteiger charge is 2.18. The Balaban J connectivity index is 1.86. The summed E-state index contributed by atoms with van der Waals surface area (Å²) in [4.78, 5) is 12.4. The van der Waals surface area contributed by atoms with Crippen LogP contribution in [0.15, 0.2) is 59.8 Å². The van der Waals surface area contributed by atoms with Gasteiger partial charge in [0, 0.05) is 11.6 Å². The Bertz CT molecular complexity index is 1000. The van der Waals surface area contributed by atoms with E-state index in [0.29, 0.717) is 12.3 Å². The van der Waals surface area contributed by atoms with Crippen molar-refractivity contribution in [3.05, 3.63) is 65.7 Å². The molecule has 32 heavy (non-hydrogen) atoms. The predicted molar refractivity (Wildman–Crippen MR) is 133 cm³/mol. The van der Waals surface area contributed by atoms with Crippen molar-refractivity contribution in [1.82, 2.24) is 20.1 Å². The Morgan fingerprint density at radius 1 is 1.00 bits per heavy atom. The minimum Gasteiger partial charge on any atom is -0.353 e. The summed E-state index contributed by atoms with van der Waals surface area (Å²) in [6.45, 7) is 11.5. The fourth-order valence-electron chi connectivity index (χ4n) is 3.53. The molecule has 170 valence electrons. The number of nitrogens with one attached hydrogen (secondary N) is 1. The zero-order chi connectivity index (χ0) is 23.1. The summed E-state index contributed by atoms with van der Waals surface area (Å²) in [5.74, 6) is 1.18.